The highest BCUT2D eigenvalue weighted by Crippen LogP contribution is 2.59. The third kappa shape index (κ3) is 14.6. The van der Waals surface area contributed by atoms with Crippen LogP contribution in [0.1, 0.15) is 134 Å². The molecule has 0 spiro atoms. The van der Waals surface area contributed by atoms with Crippen LogP contribution in [0.5, 0.6) is 0 Å². The standard InChI is InChI=1S/C60H65F2N8O12P/c1-37(38-22-24-42(25-23-38)60(61,62)83(80,81)82)34-52(73)64-47-36-68(53(74)21-12-4-2-3-7-14-39-19-13-20-44-45(39)35-69(58(44)78)48-29-31-51(72)66-56(48)76)33-32-43-26-28-49(70(43)59(47)79)57(77)65-46(27-30-50(63)71)55(75)67-54(40-15-8-5-9-16-40)41-17-10-6-11-18-41/h5-6,8-11,13,15-20,22-25,34,43,46-49,54H,2-4,12,21,26-33,35-36H2,1H3,(H2,63,71)(H,64,73)(H,65,77)(H,67,75)(H,66,72,76)(H2,80,81,82)/b37-34+/t43-,46?,47+,48?,49+/m1/s1. The zero-order valence-corrected chi connectivity index (χ0v) is 46.5. The van der Waals surface area contributed by atoms with E-state index in [0.29, 0.717) is 48.8 Å². The van der Waals surface area contributed by atoms with Crippen molar-refractivity contribution in [3.05, 3.63) is 148 Å². The van der Waals surface area contributed by atoms with E-state index in [1.165, 1.54) is 21.6 Å². The van der Waals surface area contributed by atoms with E-state index in [4.69, 9.17) is 5.73 Å². The van der Waals surface area contributed by atoms with Crippen LogP contribution in [0.25, 0.3) is 5.57 Å². The number of hydrogen-bond donors (Lipinski definition) is 7. The molecule has 0 aliphatic carbocycles. The number of amides is 9. The van der Waals surface area contributed by atoms with Crippen LogP contribution >= 0.6 is 7.60 Å². The summed E-state index contributed by atoms with van der Waals surface area (Å²) in [5.41, 5.74) is 3.89. The largest absolute Gasteiger partial charge is 0.399 e. The first-order valence-electron chi connectivity index (χ1n) is 27.5. The minimum absolute atomic E-state index is 0.0897. The highest BCUT2D eigenvalue weighted by Gasteiger charge is 2.50. The molecule has 3 saturated heterocycles. The van der Waals surface area contributed by atoms with E-state index in [-0.39, 0.29) is 93.4 Å². The lowest BCUT2D eigenvalue weighted by atomic mass is 9.98. The van der Waals surface area contributed by atoms with Gasteiger partial charge in [0, 0.05) is 74.1 Å². The number of allylic oxidation sites excluding steroid dienone is 1. The Morgan fingerprint density at radius 3 is 2.18 bits per heavy atom. The lowest BCUT2D eigenvalue weighted by molar-refractivity contribution is -0.147. The molecule has 5 atom stereocenters. The molecule has 0 bridgehead atoms. The lowest BCUT2D eigenvalue weighted by Crippen LogP contribution is -2.62. The second-order valence-corrected chi connectivity index (χ2v) is 22.7. The van der Waals surface area contributed by atoms with E-state index in [2.05, 4.69) is 33.1 Å². The van der Waals surface area contributed by atoms with Crippen molar-refractivity contribution >= 4 is 66.3 Å². The summed E-state index contributed by atoms with van der Waals surface area (Å²) in [5, 5.41) is 10.8. The molecular formula is C60H65F2N8O12P. The molecule has 4 aliphatic heterocycles. The second kappa shape index (κ2) is 26.7. The topological polar surface area (TPSA) is 295 Å². The van der Waals surface area contributed by atoms with Gasteiger partial charge in [-0.05, 0) is 91.8 Å². The van der Waals surface area contributed by atoms with Gasteiger partial charge in [0.1, 0.15) is 24.2 Å². The SMILES string of the molecule is C/C(=C\C(=O)N[C@H]1CN(C(=O)CCCCCC#Cc2cccc3c2CN(C2CCC(=O)NC2=O)C3=O)CC[C@H]2CC[C@@H](C(=O)NC(CCC(N)=O)C(=O)NC(c3ccccc3)c3ccccc3)N2C1=O)c1ccc(C(F)(F)P(=O)(O)O)cc1. The fourth-order valence-electron chi connectivity index (χ4n) is 11.0. The highest BCUT2D eigenvalue weighted by molar-refractivity contribution is 7.52. The van der Waals surface area contributed by atoms with Crippen molar-refractivity contribution in [3.8, 4) is 11.8 Å². The molecule has 4 aromatic carbocycles. The van der Waals surface area contributed by atoms with Gasteiger partial charge in [-0.2, -0.15) is 8.78 Å². The van der Waals surface area contributed by atoms with Crippen LogP contribution in [0.15, 0.2) is 109 Å². The van der Waals surface area contributed by atoms with E-state index < -0.39 is 90.5 Å². The van der Waals surface area contributed by atoms with Crippen LogP contribution in [0, 0.1) is 11.8 Å². The molecule has 23 heteroatoms. The lowest BCUT2D eigenvalue weighted by Gasteiger charge is -2.39. The fraction of sp³-hybridized carbons (Fsp3) is 0.383. The van der Waals surface area contributed by atoms with E-state index in [9.17, 15) is 66.3 Å². The summed E-state index contributed by atoms with van der Waals surface area (Å²) in [6.07, 6.45) is 4.06. The second-order valence-electron chi connectivity index (χ2n) is 21.1. The number of rotatable bonds is 20. The number of nitrogens with one attached hydrogen (secondary N) is 4. The van der Waals surface area contributed by atoms with Gasteiger partial charge in [0.15, 0.2) is 0 Å². The highest BCUT2D eigenvalue weighted by atomic mass is 31.2. The molecule has 8 rings (SSSR count). The molecule has 4 aromatic rings. The van der Waals surface area contributed by atoms with Crippen LogP contribution in [0.2, 0.25) is 0 Å². The third-order valence-corrected chi connectivity index (χ3v) is 16.4. The predicted molar refractivity (Wildman–Crippen MR) is 298 cm³/mol. The summed E-state index contributed by atoms with van der Waals surface area (Å²) in [4.78, 5) is 144. The molecule has 8 N–H and O–H groups in total. The minimum Gasteiger partial charge on any atom is -0.370 e. The van der Waals surface area contributed by atoms with Crippen molar-refractivity contribution in [1.82, 2.24) is 36.0 Å². The van der Waals surface area contributed by atoms with Gasteiger partial charge >= 0.3 is 13.3 Å². The van der Waals surface area contributed by atoms with Crippen molar-refractivity contribution in [2.75, 3.05) is 13.1 Å². The summed E-state index contributed by atoms with van der Waals surface area (Å²) < 4.78 is 40.4. The van der Waals surface area contributed by atoms with Gasteiger partial charge in [0.05, 0.1) is 6.04 Å². The zero-order chi connectivity index (χ0) is 59.6. The Kier molecular flexibility index (Phi) is 19.5. The summed E-state index contributed by atoms with van der Waals surface area (Å²) in [7, 11) is -5.86. The van der Waals surface area contributed by atoms with Crippen LogP contribution in [-0.2, 0) is 55.1 Å². The maximum absolute atomic E-state index is 15.0. The van der Waals surface area contributed by atoms with Crippen molar-refractivity contribution in [1.29, 1.82) is 0 Å². The molecule has 436 valence electrons. The van der Waals surface area contributed by atoms with Crippen LogP contribution in [-0.4, -0.2) is 121 Å². The van der Waals surface area contributed by atoms with Crippen molar-refractivity contribution < 1.29 is 66.3 Å². The van der Waals surface area contributed by atoms with Gasteiger partial charge in [-0.15, -0.1) is 0 Å². The minimum atomic E-state index is -5.86. The summed E-state index contributed by atoms with van der Waals surface area (Å²) in [6.45, 7) is 1.52. The van der Waals surface area contributed by atoms with Gasteiger partial charge in [-0.25, -0.2) is 0 Å². The molecule has 0 radical (unpaired) electrons. The van der Waals surface area contributed by atoms with Crippen LogP contribution in [0.3, 0.4) is 0 Å². The number of benzene rings is 4. The number of nitrogens with zero attached hydrogens (tertiary/aromatic N) is 3. The maximum atomic E-state index is 15.0. The number of alkyl halides is 2. The smallest absolute Gasteiger partial charge is 0.370 e. The molecule has 4 heterocycles. The molecule has 83 heavy (non-hydrogen) atoms. The summed E-state index contributed by atoms with van der Waals surface area (Å²) in [6, 6.07) is 21.7. The number of carbonyl (C=O) groups is 9. The molecular weight excluding hydrogens is 1090 g/mol. The Balaban J connectivity index is 0.949. The molecule has 0 aromatic heterocycles. The number of hydrogen-bond acceptors (Lipinski definition) is 10. The third-order valence-electron chi connectivity index (χ3n) is 15.4. The number of imide groups is 1. The Labute approximate surface area is 478 Å². The number of nitrogens with two attached hydrogens (primary N) is 1. The first kappa shape index (κ1) is 60.7. The average molecular weight is 1160 g/mol. The maximum Gasteiger partial charge on any atom is 0.399 e. The predicted octanol–water partition coefficient (Wildman–Crippen LogP) is 4.81. The number of halogens is 2. The molecule has 9 amide bonds. The van der Waals surface area contributed by atoms with E-state index in [0.717, 1.165) is 41.5 Å². The average Bonchev–Trinajstić information content (AvgIpc) is 4.24. The summed E-state index contributed by atoms with van der Waals surface area (Å²) in [5.74, 6) is 1.33. The molecule has 0 saturated carbocycles. The van der Waals surface area contributed by atoms with Gasteiger partial charge in [0.2, 0.25) is 47.3 Å². The Bertz CT molecular complexity index is 3250. The van der Waals surface area contributed by atoms with Gasteiger partial charge in [0.25, 0.3) is 5.91 Å². The Morgan fingerprint density at radius 1 is 0.843 bits per heavy atom. The normalized spacial score (nSPS) is 19.6. The number of fused-ring (bicyclic) bond motifs is 2. The fourth-order valence-corrected chi connectivity index (χ4v) is 11.4. The molecule has 4 aliphatic rings. The Hall–Kier alpha value is -8.38. The zero-order valence-electron chi connectivity index (χ0n) is 45.6. The number of piperidine rings is 1. The number of unbranched alkanes of at least 4 members (excludes halogenated alkanes) is 3. The number of carbonyl (C=O) groups excluding carboxylic acids is 9. The van der Waals surface area contributed by atoms with Crippen LogP contribution in [0.4, 0.5) is 8.78 Å². The molecule has 20 nitrogen and oxygen atoms in total. The van der Waals surface area contributed by atoms with Gasteiger partial charge in [-0.1, -0.05) is 109 Å². The molecule has 2 unspecified atom stereocenters. The van der Waals surface area contributed by atoms with Gasteiger partial charge < -0.3 is 46.2 Å². The Morgan fingerprint density at radius 2 is 1.53 bits per heavy atom. The van der Waals surface area contributed by atoms with Crippen LogP contribution < -0.4 is 27.0 Å². The van der Waals surface area contributed by atoms with E-state index in [1.54, 1.807) is 18.2 Å². The first-order valence-corrected chi connectivity index (χ1v) is 29.1. The van der Waals surface area contributed by atoms with Crippen molar-refractivity contribution in [3.63, 3.8) is 0 Å². The van der Waals surface area contributed by atoms with E-state index >= 15 is 0 Å². The quantitative estimate of drug-likeness (QED) is 0.0206. The monoisotopic (exact) mass is 1160 g/mol. The van der Waals surface area contributed by atoms with Gasteiger partial charge in [-0.3, -0.25) is 53.0 Å². The molecule has 3 fully saturated rings. The van der Waals surface area contributed by atoms with Crippen molar-refractivity contribution in [2.24, 2.45) is 5.73 Å². The van der Waals surface area contributed by atoms with Crippen molar-refractivity contribution in [2.45, 2.75) is 132 Å². The summed E-state index contributed by atoms with van der Waals surface area (Å²) >= 11 is 0. The number of primary amides is 1. The first-order chi connectivity index (χ1) is 39.6. The van der Waals surface area contributed by atoms with E-state index in [1.807, 2.05) is 60.7 Å².